The summed E-state index contributed by atoms with van der Waals surface area (Å²) in [6, 6.07) is 9.48. The Morgan fingerprint density at radius 2 is 1.83 bits per heavy atom. The lowest BCUT2D eigenvalue weighted by molar-refractivity contribution is -0.121. The van der Waals surface area contributed by atoms with Crippen molar-refractivity contribution in [2.75, 3.05) is 37.6 Å². The zero-order chi connectivity index (χ0) is 26.0. The van der Waals surface area contributed by atoms with Crippen molar-refractivity contribution in [2.45, 2.75) is 51.5 Å². The van der Waals surface area contributed by atoms with E-state index in [4.69, 9.17) is 16.6 Å². The molecular formula is C26H33ClN4O3S2. The Balaban J connectivity index is 1.69. The molecule has 2 aromatic carbocycles. The summed E-state index contributed by atoms with van der Waals surface area (Å²) >= 11 is 7.46. The molecule has 2 heterocycles. The fourth-order valence-corrected chi connectivity index (χ4v) is 7.58. The van der Waals surface area contributed by atoms with Crippen LogP contribution in [0, 0.1) is 13.8 Å². The highest BCUT2D eigenvalue weighted by Crippen LogP contribution is 2.34. The number of amides is 1. The van der Waals surface area contributed by atoms with Crippen molar-refractivity contribution >= 4 is 54.2 Å². The van der Waals surface area contributed by atoms with Gasteiger partial charge in [0.25, 0.3) is 0 Å². The lowest BCUT2D eigenvalue weighted by Crippen LogP contribution is -2.49. The Kier molecular flexibility index (Phi) is 8.36. The summed E-state index contributed by atoms with van der Waals surface area (Å²) in [5.74, 6) is -0.217. The van der Waals surface area contributed by atoms with Gasteiger partial charge in [-0.2, -0.15) is 4.31 Å². The van der Waals surface area contributed by atoms with E-state index in [9.17, 15) is 13.2 Å². The van der Waals surface area contributed by atoms with Crippen LogP contribution in [0.4, 0.5) is 5.13 Å². The van der Waals surface area contributed by atoms with Crippen molar-refractivity contribution in [3.8, 4) is 0 Å². The van der Waals surface area contributed by atoms with E-state index in [0.717, 1.165) is 34.4 Å². The fraction of sp³-hybridized carbons (Fsp3) is 0.462. The van der Waals surface area contributed by atoms with Crippen LogP contribution in [0.5, 0.6) is 0 Å². The molecule has 194 valence electrons. The summed E-state index contributed by atoms with van der Waals surface area (Å²) in [5.41, 5.74) is 3.11. The monoisotopic (exact) mass is 548 g/mol. The SMILES string of the molecule is CCN(CC)CCN(C(=O)C1CCCN1S(=O)(=O)c1ccc(Cl)cc1)c1nc2cc(C)cc(C)c2s1. The molecule has 1 atom stereocenters. The van der Waals surface area contributed by atoms with Gasteiger partial charge in [-0.05, 0) is 81.2 Å². The van der Waals surface area contributed by atoms with Gasteiger partial charge in [0, 0.05) is 24.7 Å². The molecule has 7 nitrogen and oxygen atoms in total. The Bertz CT molecular complexity index is 1340. The molecule has 1 amide bonds. The van der Waals surface area contributed by atoms with Crippen molar-refractivity contribution in [3.05, 3.63) is 52.5 Å². The molecule has 1 aliphatic rings. The smallest absolute Gasteiger partial charge is 0.247 e. The number of anilines is 1. The molecule has 1 saturated heterocycles. The number of benzene rings is 2. The van der Waals surface area contributed by atoms with Gasteiger partial charge >= 0.3 is 0 Å². The van der Waals surface area contributed by atoms with Crippen LogP contribution in [0.2, 0.25) is 5.02 Å². The fourth-order valence-electron chi connectivity index (χ4n) is 4.76. The highest BCUT2D eigenvalue weighted by molar-refractivity contribution is 7.89. The zero-order valence-corrected chi connectivity index (χ0v) is 23.6. The molecule has 1 unspecified atom stereocenters. The third-order valence-corrected chi connectivity index (χ3v) is 10.2. The molecule has 3 aromatic rings. The van der Waals surface area contributed by atoms with E-state index in [1.165, 1.54) is 27.8 Å². The number of thiazole rings is 1. The maximum Gasteiger partial charge on any atom is 0.247 e. The topological polar surface area (TPSA) is 73.8 Å². The molecule has 0 saturated carbocycles. The van der Waals surface area contributed by atoms with E-state index in [0.29, 0.717) is 42.6 Å². The molecule has 0 radical (unpaired) electrons. The van der Waals surface area contributed by atoms with Gasteiger partial charge in [-0.25, -0.2) is 13.4 Å². The predicted octanol–water partition coefficient (Wildman–Crippen LogP) is 5.09. The van der Waals surface area contributed by atoms with Crippen molar-refractivity contribution in [3.63, 3.8) is 0 Å². The number of hydrogen-bond donors (Lipinski definition) is 0. The molecule has 10 heteroatoms. The minimum absolute atomic E-state index is 0.146. The number of fused-ring (bicyclic) bond motifs is 1. The second kappa shape index (κ2) is 11.1. The van der Waals surface area contributed by atoms with Gasteiger partial charge in [0.15, 0.2) is 5.13 Å². The Labute approximate surface area is 222 Å². The number of carbonyl (C=O) groups excluding carboxylic acids is 1. The molecule has 1 aromatic heterocycles. The maximum atomic E-state index is 14.1. The van der Waals surface area contributed by atoms with E-state index in [2.05, 4.69) is 31.7 Å². The number of aromatic nitrogens is 1. The Morgan fingerprint density at radius 3 is 2.50 bits per heavy atom. The number of aryl methyl sites for hydroxylation is 2. The molecule has 4 rings (SSSR count). The first-order valence-electron chi connectivity index (χ1n) is 12.3. The first kappa shape index (κ1) is 27.0. The summed E-state index contributed by atoms with van der Waals surface area (Å²) in [6.07, 6.45) is 1.11. The molecule has 0 aliphatic carbocycles. The standard InChI is InChI=1S/C26H33ClN4O3S2/c1-5-29(6-2)14-15-30(26-28-22-17-18(3)16-19(4)24(22)35-26)25(32)23-8-7-13-31(23)36(33,34)21-11-9-20(27)10-12-21/h9-12,16-17,23H,5-8,13-15H2,1-4H3. The first-order chi connectivity index (χ1) is 17.1. The third-order valence-electron chi connectivity index (χ3n) is 6.75. The number of rotatable bonds is 9. The van der Waals surface area contributed by atoms with Gasteiger partial charge in [-0.3, -0.25) is 9.69 Å². The number of likely N-dealkylation sites (N-methyl/N-ethyl adjacent to an activating group) is 1. The van der Waals surface area contributed by atoms with Crippen LogP contribution >= 0.6 is 22.9 Å². The lowest BCUT2D eigenvalue weighted by atomic mass is 10.1. The van der Waals surface area contributed by atoms with E-state index in [1.54, 1.807) is 17.0 Å². The van der Waals surface area contributed by atoms with Gasteiger partial charge in [0.2, 0.25) is 15.9 Å². The molecule has 0 N–H and O–H groups in total. The number of hydrogen-bond acceptors (Lipinski definition) is 6. The maximum absolute atomic E-state index is 14.1. The van der Waals surface area contributed by atoms with Crippen molar-refractivity contribution in [1.29, 1.82) is 0 Å². The second-order valence-corrected chi connectivity index (χ2v) is 12.5. The highest BCUT2D eigenvalue weighted by Gasteiger charge is 2.42. The molecule has 0 bridgehead atoms. The molecule has 0 spiro atoms. The van der Waals surface area contributed by atoms with Crippen LogP contribution in [0.25, 0.3) is 10.2 Å². The van der Waals surface area contributed by atoms with Gasteiger partial charge in [-0.1, -0.05) is 42.9 Å². The van der Waals surface area contributed by atoms with Crippen LogP contribution in [0.1, 0.15) is 37.8 Å². The van der Waals surface area contributed by atoms with Crippen LogP contribution in [0.15, 0.2) is 41.3 Å². The van der Waals surface area contributed by atoms with Gasteiger partial charge in [-0.15, -0.1) is 0 Å². The van der Waals surface area contributed by atoms with Gasteiger partial charge < -0.3 is 4.90 Å². The van der Waals surface area contributed by atoms with Crippen molar-refractivity contribution in [2.24, 2.45) is 0 Å². The summed E-state index contributed by atoms with van der Waals surface area (Å²) in [6.45, 7) is 11.5. The average Bonchev–Trinajstić information content (AvgIpc) is 3.50. The number of nitrogens with zero attached hydrogens (tertiary/aromatic N) is 4. The minimum Gasteiger partial charge on any atom is -0.302 e. The Hall–Kier alpha value is -2.04. The van der Waals surface area contributed by atoms with Gasteiger partial charge in [0.05, 0.1) is 15.1 Å². The lowest BCUT2D eigenvalue weighted by Gasteiger charge is -2.30. The minimum atomic E-state index is -3.84. The van der Waals surface area contributed by atoms with E-state index in [-0.39, 0.29) is 10.8 Å². The summed E-state index contributed by atoms with van der Waals surface area (Å²) in [5, 5.41) is 1.08. The van der Waals surface area contributed by atoms with E-state index < -0.39 is 16.1 Å². The highest BCUT2D eigenvalue weighted by atomic mass is 35.5. The predicted molar refractivity (Wildman–Crippen MR) is 148 cm³/mol. The Morgan fingerprint density at radius 1 is 1.14 bits per heavy atom. The van der Waals surface area contributed by atoms with Crippen molar-refractivity contribution < 1.29 is 13.2 Å². The molecule has 1 fully saturated rings. The van der Waals surface area contributed by atoms with Crippen LogP contribution in [-0.2, 0) is 14.8 Å². The summed E-state index contributed by atoms with van der Waals surface area (Å²) < 4.78 is 29.4. The zero-order valence-electron chi connectivity index (χ0n) is 21.2. The molecule has 36 heavy (non-hydrogen) atoms. The number of carbonyl (C=O) groups is 1. The van der Waals surface area contributed by atoms with Gasteiger partial charge in [0.1, 0.15) is 6.04 Å². The number of halogens is 1. The van der Waals surface area contributed by atoms with Crippen LogP contribution < -0.4 is 4.90 Å². The van der Waals surface area contributed by atoms with E-state index >= 15 is 0 Å². The number of sulfonamides is 1. The van der Waals surface area contributed by atoms with Crippen LogP contribution in [-0.4, -0.2) is 67.3 Å². The third kappa shape index (κ3) is 5.45. The molecule has 1 aliphatic heterocycles. The average molecular weight is 549 g/mol. The normalized spacial score (nSPS) is 16.8. The molecular weight excluding hydrogens is 516 g/mol. The summed E-state index contributed by atoms with van der Waals surface area (Å²) in [7, 11) is -3.84. The van der Waals surface area contributed by atoms with Crippen LogP contribution in [0.3, 0.4) is 0 Å². The summed E-state index contributed by atoms with van der Waals surface area (Å²) in [4.78, 5) is 23.0. The second-order valence-electron chi connectivity index (χ2n) is 9.17. The largest absolute Gasteiger partial charge is 0.302 e. The quantitative estimate of drug-likeness (QED) is 0.372. The first-order valence-corrected chi connectivity index (χ1v) is 15.0. The van der Waals surface area contributed by atoms with Crippen molar-refractivity contribution in [1.82, 2.24) is 14.2 Å². The van der Waals surface area contributed by atoms with E-state index in [1.807, 2.05) is 13.0 Å².